The van der Waals surface area contributed by atoms with Crippen LogP contribution in [0.1, 0.15) is 23.6 Å². The number of rotatable bonds is 3. The maximum atomic E-state index is 13.4. The molecule has 2 N–H and O–H groups in total. The van der Waals surface area contributed by atoms with E-state index in [2.05, 4.69) is 0 Å². The Morgan fingerprint density at radius 2 is 2.14 bits per heavy atom. The molecule has 0 saturated heterocycles. The molecular formula is C17H17ClFNO. The summed E-state index contributed by atoms with van der Waals surface area (Å²) in [6.07, 6.45) is 1.41. The molecular weight excluding hydrogens is 289 g/mol. The van der Waals surface area contributed by atoms with Gasteiger partial charge in [-0.3, -0.25) is 0 Å². The van der Waals surface area contributed by atoms with Crippen molar-refractivity contribution in [2.75, 3.05) is 6.61 Å². The molecule has 21 heavy (non-hydrogen) atoms. The van der Waals surface area contributed by atoms with Crippen LogP contribution in [0, 0.1) is 5.82 Å². The summed E-state index contributed by atoms with van der Waals surface area (Å²) in [5.41, 5.74) is 8.58. The lowest BCUT2D eigenvalue weighted by Crippen LogP contribution is -2.35. The second-order valence-electron chi connectivity index (χ2n) is 5.76. The predicted molar refractivity (Wildman–Crippen MR) is 82.3 cm³/mol. The lowest BCUT2D eigenvalue weighted by atomic mass is 9.86. The average molecular weight is 306 g/mol. The Morgan fingerprint density at radius 3 is 2.90 bits per heavy atom. The molecule has 110 valence electrons. The fourth-order valence-corrected chi connectivity index (χ4v) is 3.08. The molecule has 1 aliphatic rings. The van der Waals surface area contributed by atoms with Crippen LogP contribution in [0.2, 0.25) is 5.02 Å². The van der Waals surface area contributed by atoms with Crippen LogP contribution in [0.3, 0.4) is 0 Å². The van der Waals surface area contributed by atoms with Crippen molar-refractivity contribution in [3.8, 4) is 5.75 Å². The van der Waals surface area contributed by atoms with Crippen molar-refractivity contribution in [1.29, 1.82) is 0 Å². The molecule has 2 nitrogen and oxygen atoms in total. The topological polar surface area (TPSA) is 35.2 Å². The smallest absolute Gasteiger partial charge is 0.125 e. The summed E-state index contributed by atoms with van der Waals surface area (Å²) in [5, 5.41) is 0.685. The molecule has 0 aliphatic carbocycles. The molecule has 2 aromatic carbocycles. The summed E-state index contributed by atoms with van der Waals surface area (Å²) in [6, 6.07) is 10.2. The molecule has 2 aromatic rings. The number of ether oxygens (including phenoxy) is 1. The standard InChI is InChI=1S/C17H17ClFNO/c1-17(20,13-3-2-4-15(19)9-13)10-12-8-14(18)7-11-5-6-21-16(11)12/h2-4,7-9H,5-6,10,20H2,1H3. The monoisotopic (exact) mass is 305 g/mol. The van der Waals surface area contributed by atoms with Gasteiger partial charge in [0.05, 0.1) is 6.61 Å². The first-order chi connectivity index (χ1) is 9.95. The van der Waals surface area contributed by atoms with Crippen LogP contribution < -0.4 is 10.5 Å². The minimum atomic E-state index is -0.688. The zero-order valence-corrected chi connectivity index (χ0v) is 12.6. The van der Waals surface area contributed by atoms with Gasteiger partial charge in [0.25, 0.3) is 0 Å². The van der Waals surface area contributed by atoms with E-state index >= 15 is 0 Å². The van der Waals surface area contributed by atoms with Crippen molar-refractivity contribution >= 4 is 11.6 Å². The molecule has 1 unspecified atom stereocenters. The van der Waals surface area contributed by atoms with Crippen LogP contribution in [-0.4, -0.2) is 6.61 Å². The third-order valence-electron chi connectivity index (χ3n) is 3.87. The van der Waals surface area contributed by atoms with E-state index in [-0.39, 0.29) is 5.82 Å². The molecule has 0 fully saturated rings. The zero-order valence-electron chi connectivity index (χ0n) is 11.8. The first-order valence-electron chi connectivity index (χ1n) is 6.95. The summed E-state index contributed by atoms with van der Waals surface area (Å²) in [6.45, 7) is 2.56. The quantitative estimate of drug-likeness (QED) is 0.935. The molecule has 0 bridgehead atoms. The summed E-state index contributed by atoms with van der Waals surface area (Å²) in [4.78, 5) is 0. The lowest BCUT2D eigenvalue weighted by Gasteiger charge is -2.26. The van der Waals surface area contributed by atoms with E-state index in [0.717, 1.165) is 28.9 Å². The van der Waals surface area contributed by atoms with Gasteiger partial charge in [-0.25, -0.2) is 4.39 Å². The summed E-state index contributed by atoms with van der Waals surface area (Å²) in [7, 11) is 0. The van der Waals surface area contributed by atoms with Gasteiger partial charge in [0, 0.05) is 17.0 Å². The number of nitrogens with two attached hydrogens (primary N) is 1. The van der Waals surface area contributed by atoms with E-state index in [0.29, 0.717) is 18.1 Å². The van der Waals surface area contributed by atoms with Gasteiger partial charge < -0.3 is 10.5 Å². The molecule has 4 heteroatoms. The van der Waals surface area contributed by atoms with Crippen molar-refractivity contribution in [2.24, 2.45) is 5.73 Å². The number of hydrogen-bond acceptors (Lipinski definition) is 2. The van der Waals surface area contributed by atoms with Crippen LogP contribution in [0.4, 0.5) is 4.39 Å². The lowest BCUT2D eigenvalue weighted by molar-refractivity contribution is 0.349. The van der Waals surface area contributed by atoms with Gasteiger partial charge in [0.2, 0.25) is 0 Å². The van der Waals surface area contributed by atoms with Gasteiger partial charge >= 0.3 is 0 Å². The van der Waals surface area contributed by atoms with E-state index in [1.54, 1.807) is 6.07 Å². The van der Waals surface area contributed by atoms with Crippen LogP contribution in [-0.2, 0) is 18.4 Å². The van der Waals surface area contributed by atoms with E-state index in [1.165, 1.54) is 12.1 Å². The van der Waals surface area contributed by atoms with Crippen LogP contribution in [0.25, 0.3) is 0 Å². The Morgan fingerprint density at radius 1 is 1.33 bits per heavy atom. The van der Waals surface area contributed by atoms with Crippen molar-refractivity contribution < 1.29 is 9.13 Å². The largest absolute Gasteiger partial charge is 0.493 e. The second kappa shape index (κ2) is 5.32. The second-order valence-corrected chi connectivity index (χ2v) is 6.19. The van der Waals surface area contributed by atoms with Gasteiger partial charge in [-0.15, -0.1) is 0 Å². The van der Waals surface area contributed by atoms with Crippen molar-refractivity contribution in [1.82, 2.24) is 0 Å². The number of fused-ring (bicyclic) bond motifs is 1. The predicted octanol–water partition coefficient (Wildman–Crippen LogP) is 3.83. The SMILES string of the molecule is CC(N)(Cc1cc(Cl)cc2c1OCC2)c1cccc(F)c1. The molecule has 1 aliphatic heterocycles. The van der Waals surface area contributed by atoms with E-state index in [1.807, 2.05) is 25.1 Å². The Labute approximate surface area is 128 Å². The van der Waals surface area contributed by atoms with Crippen molar-refractivity contribution in [3.05, 3.63) is 63.9 Å². The van der Waals surface area contributed by atoms with Crippen LogP contribution >= 0.6 is 11.6 Å². The maximum absolute atomic E-state index is 13.4. The van der Waals surface area contributed by atoms with Gasteiger partial charge in [0.15, 0.2) is 0 Å². The Hall–Kier alpha value is -1.58. The minimum Gasteiger partial charge on any atom is -0.493 e. The van der Waals surface area contributed by atoms with Gasteiger partial charge in [-0.05, 0) is 54.3 Å². The maximum Gasteiger partial charge on any atom is 0.125 e. The highest BCUT2D eigenvalue weighted by Gasteiger charge is 2.26. The van der Waals surface area contributed by atoms with Crippen molar-refractivity contribution in [3.63, 3.8) is 0 Å². The average Bonchev–Trinajstić information content (AvgIpc) is 2.86. The third kappa shape index (κ3) is 2.89. The van der Waals surface area contributed by atoms with Crippen LogP contribution in [0.15, 0.2) is 36.4 Å². The third-order valence-corrected chi connectivity index (χ3v) is 4.09. The Kier molecular flexibility index (Phi) is 3.64. The summed E-state index contributed by atoms with van der Waals surface area (Å²) >= 11 is 6.17. The fraction of sp³-hybridized carbons (Fsp3) is 0.294. The normalized spacial score (nSPS) is 16.2. The fourth-order valence-electron chi connectivity index (χ4n) is 2.82. The molecule has 0 radical (unpaired) electrons. The molecule has 1 heterocycles. The van der Waals surface area contributed by atoms with Gasteiger partial charge in [-0.1, -0.05) is 23.7 Å². The minimum absolute atomic E-state index is 0.281. The van der Waals surface area contributed by atoms with Gasteiger partial charge in [-0.2, -0.15) is 0 Å². The highest BCUT2D eigenvalue weighted by atomic mass is 35.5. The first kappa shape index (κ1) is 14.4. The molecule has 0 spiro atoms. The van der Waals surface area contributed by atoms with E-state index < -0.39 is 5.54 Å². The van der Waals surface area contributed by atoms with Gasteiger partial charge in [0.1, 0.15) is 11.6 Å². The molecule has 0 saturated carbocycles. The summed E-state index contributed by atoms with van der Waals surface area (Å²) < 4.78 is 19.1. The molecule has 3 rings (SSSR count). The zero-order chi connectivity index (χ0) is 15.0. The Balaban J connectivity index is 1.96. The highest BCUT2D eigenvalue weighted by Crippen LogP contribution is 2.36. The molecule has 0 amide bonds. The van der Waals surface area contributed by atoms with E-state index in [4.69, 9.17) is 22.1 Å². The first-order valence-corrected chi connectivity index (χ1v) is 7.32. The number of benzene rings is 2. The molecule has 1 atom stereocenters. The van der Waals surface area contributed by atoms with E-state index in [9.17, 15) is 4.39 Å². The number of halogens is 2. The van der Waals surface area contributed by atoms with Crippen LogP contribution in [0.5, 0.6) is 5.75 Å². The highest BCUT2D eigenvalue weighted by molar-refractivity contribution is 6.30. The number of hydrogen-bond donors (Lipinski definition) is 1. The molecule has 0 aromatic heterocycles. The van der Waals surface area contributed by atoms with Crippen molar-refractivity contribution in [2.45, 2.75) is 25.3 Å². The summed E-state index contributed by atoms with van der Waals surface area (Å²) in [5.74, 6) is 0.601. The Bertz CT molecular complexity index is 684.